The topological polar surface area (TPSA) is 70.7 Å². The normalized spacial score (nSPS) is 23.5. The Hall–Kier alpha value is 0.0800. The molecule has 0 saturated carbocycles. The zero-order valence-electron chi connectivity index (χ0n) is 13.5. The lowest BCUT2D eigenvalue weighted by molar-refractivity contribution is 0.0574. The highest BCUT2D eigenvalue weighted by molar-refractivity contribution is 7.87. The van der Waals surface area contributed by atoms with Crippen molar-refractivity contribution in [3.63, 3.8) is 0 Å². The van der Waals surface area contributed by atoms with Crippen molar-refractivity contribution in [2.24, 2.45) is 5.41 Å². The number of hydrogen-bond acceptors (Lipinski definition) is 4. The van der Waals surface area contributed by atoms with Gasteiger partial charge in [0.15, 0.2) is 0 Å². The van der Waals surface area contributed by atoms with Crippen LogP contribution in [-0.2, 0) is 14.9 Å². The third-order valence-corrected chi connectivity index (χ3v) is 6.20. The van der Waals surface area contributed by atoms with E-state index in [1.165, 1.54) is 0 Å². The number of nitrogens with zero attached hydrogens (tertiary/aromatic N) is 1. The largest absolute Gasteiger partial charge is 0.384 e. The molecule has 2 heterocycles. The molecule has 22 heavy (non-hydrogen) atoms. The van der Waals surface area contributed by atoms with E-state index in [1.807, 2.05) is 0 Å². The Bertz CT molecular complexity index is 400. The van der Waals surface area contributed by atoms with Gasteiger partial charge in [0.2, 0.25) is 0 Å². The number of rotatable bonds is 6. The second-order valence-electron chi connectivity index (χ2n) is 6.32. The molecule has 8 heteroatoms. The van der Waals surface area contributed by atoms with Gasteiger partial charge < -0.3 is 10.1 Å². The Balaban J connectivity index is 0.00000242. The van der Waals surface area contributed by atoms with Crippen molar-refractivity contribution in [1.29, 1.82) is 0 Å². The van der Waals surface area contributed by atoms with E-state index in [2.05, 4.69) is 10.0 Å². The predicted octanol–water partition coefficient (Wildman–Crippen LogP) is 1.13. The van der Waals surface area contributed by atoms with Crippen molar-refractivity contribution in [3.8, 4) is 0 Å². The molecule has 0 bridgehead atoms. The lowest BCUT2D eigenvalue weighted by atomic mass is 9.80. The number of ether oxygens (including phenoxy) is 1. The number of methoxy groups -OCH3 is 1. The van der Waals surface area contributed by atoms with Gasteiger partial charge in [-0.15, -0.1) is 12.4 Å². The number of nitrogens with one attached hydrogen (secondary N) is 2. The van der Waals surface area contributed by atoms with E-state index >= 15 is 0 Å². The molecule has 0 aromatic carbocycles. The van der Waals surface area contributed by atoms with Gasteiger partial charge in [0.1, 0.15) is 0 Å². The summed E-state index contributed by atoms with van der Waals surface area (Å²) in [6.45, 7) is 4.23. The molecule has 132 valence electrons. The average molecular weight is 356 g/mol. The van der Waals surface area contributed by atoms with Crippen LogP contribution < -0.4 is 10.0 Å². The molecule has 2 aliphatic heterocycles. The van der Waals surface area contributed by atoms with Gasteiger partial charge in [0.05, 0.1) is 6.61 Å². The van der Waals surface area contributed by atoms with Crippen LogP contribution in [0.4, 0.5) is 0 Å². The predicted molar refractivity (Wildman–Crippen MR) is 90.6 cm³/mol. The molecule has 2 N–H and O–H groups in total. The van der Waals surface area contributed by atoms with Gasteiger partial charge >= 0.3 is 0 Å². The van der Waals surface area contributed by atoms with Crippen LogP contribution >= 0.6 is 12.4 Å². The standard InChI is InChI=1S/C14H29N3O3S.ClH/c1-20-13-14(6-8-15-9-7-14)12-16-21(18,19)17-10-4-2-3-5-11-17;/h15-16H,2-13H2,1H3;1H. The van der Waals surface area contributed by atoms with Crippen molar-refractivity contribution in [2.75, 3.05) is 46.4 Å². The van der Waals surface area contributed by atoms with Crippen molar-refractivity contribution in [1.82, 2.24) is 14.3 Å². The zero-order valence-corrected chi connectivity index (χ0v) is 15.1. The summed E-state index contributed by atoms with van der Waals surface area (Å²) < 4.78 is 34.8. The summed E-state index contributed by atoms with van der Waals surface area (Å²) in [5.41, 5.74) is -0.0705. The first kappa shape index (κ1) is 20.1. The third-order valence-electron chi connectivity index (χ3n) is 4.65. The average Bonchev–Trinajstić information content (AvgIpc) is 2.76. The molecule has 0 aromatic heterocycles. The fraction of sp³-hybridized carbons (Fsp3) is 1.00. The number of piperidine rings is 1. The fourth-order valence-corrected chi connectivity index (χ4v) is 4.66. The monoisotopic (exact) mass is 355 g/mol. The van der Waals surface area contributed by atoms with Crippen molar-refractivity contribution < 1.29 is 13.2 Å². The van der Waals surface area contributed by atoms with E-state index < -0.39 is 10.2 Å². The quantitative estimate of drug-likeness (QED) is 0.749. The maximum atomic E-state index is 12.5. The smallest absolute Gasteiger partial charge is 0.279 e. The summed E-state index contributed by atoms with van der Waals surface area (Å²) in [5, 5.41) is 3.32. The molecule has 0 radical (unpaired) electrons. The molecule has 0 atom stereocenters. The summed E-state index contributed by atoms with van der Waals surface area (Å²) >= 11 is 0. The van der Waals surface area contributed by atoms with E-state index in [0.717, 1.165) is 51.6 Å². The fourth-order valence-electron chi connectivity index (χ4n) is 3.25. The molecule has 0 unspecified atom stereocenters. The summed E-state index contributed by atoms with van der Waals surface area (Å²) in [4.78, 5) is 0. The number of halogens is 1. The molecule has 2 aliphatic rings. The molecular formula is C14H30ClN3O3S. The van der Waals surface area contributed by atoms with Crippen LogP contribution in [0.1, 0.15) is 38.5 Å². The highest BCUT2D eigenvalue weighted by Crippen LogP contribution is 2.28. The van der Waals surface area contributed by atoms with Gasteiger partial charge in [0, 0.05) is 32.2 Å². The lowest BCUT2D eigenvalue weighted by Crippen LogP contribution is -2.50. The Kier molecular flexibility index (Phi) is 8.59. The van der Waals surface area contributed by atoms with Crippen molar-refractivity contribution in [3.05, 3.63) is 0 Å². The van der Waals surface area contributed by atoms with Gasteiger partial charge in [-0.25, -0.2) is 4.72 Å². The van der Waals surface area contributed by atoms with Crippen LogP contribution in [0.25, 0.3) is 0 Å². The molecule has 6 nitrogen and oxygen atoms in total. The van der Waals surface area contributed by atoms with E-state index in [0.29, 0.717) is 26.2 Å². The molecule has 2 fully saturated rings. The van der Waals surface area contributed by atoms with Gasteiger partial charge in [-0.05, 0) is 38.8 Å². The van der Waals surface area contributed by atoms with Gasteiger partial charge in [-0.1, -0.05) is 12.8 Å². The summed E-state index contributed by atoms with van der Waals surface area (Å²) in [6, 6.07) is 0. The van der Waals surface area contributed by atoms with Gasteiger partial charge in [0.25, 0.3) is 10.2 Å². The molecule has 0 amide bonds. The van der Waals surface area contributed by atoms with Crippen LogP contribution in [-0.4, -0.2) is 59.2 Å². The highest BCUT2D eigenvalue weighted by atomic mass is 35.5. The number of hydrogen-bond donors (Lipinski definition) is 2. The van der Waals surface area contributed by atoms with Crippen LogP contribution in [0.2, 0.25) is 0 Å². The maximum Gasteiger partial charge on any atom is 0.279 e. The Morgan fingerprint density at radius 2 is 1.73 bits per heavy atom. The van der Waals surface area contributed by atoms with E-state index in [9.17, 15) is 8.42 Å². The Morgan fingerprint density at radius 3 is 2.27 bits per heavy atom. The first-order valence-corrected chi connectivity index (χ1v) is 9.46. The van der Waals surface area contributed by atoms with Crippen molar-refractivity contribution >= 4 is 22.6 Å². The van der Waals surface area contributed by atoms with Gasteiger partial charge in [-0.2, -0.15) is 12.7 Å². The molecule has 2 saturated heterocycles. The second-order valence-corrected chi connectivity index (χ2v) is 8.08. The van der Waals surface area contributed by atoms with Crippen LogP contribution in [0, 0.1) is 5.41 Å². The first-order chi connectivity index (χ1) is 10.1. The summed E-state index contributed by atoms with van der Waals surface area (Å²) in [7, 11) is -1.67. The van der Waals surface area contributed by atoms with Crippen LogP contribution in [0.5, 0.6) is 0 Å². The molecule has 2 rings (SSSR count). The first-order valence-electron chi connectivity index (χ1n) is 8.02. The molecule has 0 spiro atoms. The van der Waals surface area contributed by atoms with Gasteiger partial charge in [-0.3, -0.25) is 0 Å². The van der Waals surface area contributed by atoms with E-state index in [4.69, 9.17) is 4.74 Å². The molecular weight excluding hydrogens is 326 g/mol. The molecule has 0 aromatic rings. The minimum absolute atomic E-state index is 0. The molecule has 0 aliphatic carbocycles. The minimum atomic E-state index is -3.36. The Labute approximate surface area is 140 Å². The van der Waals surface area contributed by atoms with Crippen molar-refractivity contribution in [2.45, 2.75) is 38.5 Å². The summed E-state index contributed by atoms with van der Waals surface area (Å²) in [6.07, 6.45) is 6.09. The van der Waals surface area contributed by atoms with E-state index in [1.54, 1.807) is 11.4 Å². The Morgan fingerprint density at radius 1 is 1.14 bits per heavy atom. The zero-order chi connectivity index (χ0) is 15.2. The SMILES string of the molecule is COCC1(CNS(=O)(=O)N2CCCCCC2)CCNCC1.Cl. The lowest BCUT2D eigenvalue weighted by Gasteiger charge is -2.37. The summed E-state index contributed by atoms with van der Waals surface area (Å²) in [5.74, 6) is 0. The maximum absolute atomic E-state index is 12.5. The third kappa shape index (κ3) is 5.62. The van der Waals surface area contributed by atoms with Crippen LogP contribution in [0.3, 0.4) is 0 Å². The minimum Gasteiger partial charge on any atom is -0.384 e. The van der Waals surface area contributed by atoms with E-state index in [-0.39, 0.29) is 17.8 Å². The highest BCUT2D eigenvalue weighted by Gasteiger charge is 2.34. The second kappa shape index (κ2) is 9.39. The van der Waals surface area contributed by atoms with Crippen LogP contribution in [0.15, 0.2) is 0 Å².